The van der Waals surface area contributed by atoms with Crippen LogP contribution < -0.4 is 11.1 Å². The van der Waals surface area contributed by atoms with Crippen LogP contribution in [0.15, 0.2) is 29.4 Å². The Bertz CT molecular complexity index is 382. The SMILES string of the molecule is CSC(C)CNCc1ccccc1/C(N)=N/O. The summed E-state index contributed by atoms with van der Waals surface area (Å²) in [6.45, 7) is 3.83. The Labute approximate surface area is 106 Å². The molecule has 0 amide bonds. The third-order valence-electron chi connectivity index (χ3n) is 2.55. The van der Waals surface area contributed by atoms with Crippen LogP contribution in [0.3, 0.4) is 0 Å². The summed E-state index contributed by atoms with van der Waals surface area (Å²) in [5.74, 6) is 0.153. The Morgan fingerprint density at radius 3 is 2.88 bits per heavy atom. The number of oxime groups is 1. The topological polar surface area (TPSA) is 70.6 Å². The van der Waals surface area contributed by atoms with Gasteiger partial charge in [-0.2, -0.15) is 11.8 Å². The molecule has 0 bridgehead atoms. The molecule has 0 heterocycles. The van der Waals surface area contributed by atoms with Gasteiger partial charge in [0, 0.05) is 23.9 Å². The largest absolute Gasteiger partial charge is 0.409 e. The van der Waals surface area contributed by atoms with Crippen molar-refractivity contribution in [2.75, 3.05) is 12.8 Å². The molecule has 17 heavy (non-hydrogen) atoms. The van der Waals surface area contributed by atoms with Gasteiger partial charge in [-0.1, -0.05) is 36.3 Å². The Kier molecular flexibility index (Phi) is 5.86. The highest BCUT2D eigenvalue weighted by Gasteiger charge is 2.06. The summed E-state index contributed by atoms with van der Waals surface area (Å²) < 4.78 is 0. The summed E-state index contributed by atoms with van der Waals surface area (Å²) in [4.78, 5) is 0. The minimum absolute atomic E-state index is 0.153. The van der Waals surface area contributed by atoms with Gasteiger partial charge in [0.2, 0.25) is 0 Å². The molecule has 1 rings (SSSR count). The van der Waals surface area contributed by atoms with Crippen molar-refractivity contribution in [2.24, 2.45) is 10.9 Å². The highest BCUT2D eigenvalue weighted by Crippen LogP contribution is 2.09. The average Bonchev–Trinajstić information content (AvgIpc) is 2.38. The van der Waals surface area contributed by atoms with Gasteiger partial charge in [-0.15, -0.1) is 0 Å². The van der Waals surface area contributed by atoms with E-state index in [-0.39, 0.29) is 5.84 Å². The van der Waals surface area contributed by atoms with Gasteiger partial charge in [-0.25, -0.2) is 0 Å². The number of amidine groups is 1. The maximum absolute atomic E-state index is 8.70. The van der Waals surface area contributed by atoms with Crippen LogP contribution in [-0.2, 0) is 6.54 Å². The molecule has 5 heteroatoms. The minimum Gasteiger partial charge on any atom is -0.409 e. The van der Waals surface area contributed by atoms with Crippen molar-refractivity contribution < 1.29 is 5.21 Å². The highest BCUT2D eigenvalue weighted by molar-refractivity contribution is 7.99. The molecule has 4 N–H and O–H groups in total. The number of hydrogen-bond donors (Lipinski definition) is 3. The monoisotopic (exact) mass is 253 g/mol. The fraction of sp³-hybridized carbons (Fsp3) is 0.417. The van der Waals surface area contributed by atoms with Crippen molar-refractivity contribution in [3.63, 3.8) is 0 Å². The maximum Gasteiger partial charge on any atom is 0.170 e. The molecule has 0 spiro atoms. The van der Waals surface area contributed by atoms with Crippen molar-refractivity contribution in [3.05, 3.63) is 35.4 Å². The molecule has 0 radical (unpaired) electrons. The second-order valence-corrected chi connectivity index (χ2v) is 5.10. The van der Waals surface area contributed by atoms with Crippen LogP contribution in [0.1, 0.15) is 18.1 Å². The quantitative estimate of drug-likeness (QED) is 0.312. The summed E-state index contributed by atoms with van der Waals surface area (Å²) in [7, 11) is 0. The van der Waals surface area contributed by atoms with Gasteiger partial charge in [0.05, 0.1) is 0 Å². The number of nitrogens with zero attached hydrogens (tertiary/aromatic N) is 1. The van der Waals surface area contributed by atoms with E-state index in [0.717, 1.165) is 24.2 Å². The van der Waals surface area contributed by atoms with Crippen LogP contribution >= 0.6 is 11.8 Å². The molecule has 0 aromatic heterocycles. The van der Waals surface area contributed by atoms with Crippen LogP contribution in [0, 0.1) is 0 Å². The predicted octanol–water partition coefficient (Wildman–Crippen LogP) is 1.62. The third-order valence-corrected chi connectivity index (χ3v) is 3.52. The van der Waals surface area contributed by atoms with Crippen molar-refractivity contribution in [1.29, 1.82) is 0 Å². The molecule has 1 atom stereocenters. The molecule has 94 valence electrons. The normalized spacial score (nSPS) is 13.6. The number of nitrogens with two attached hydrogens (primary N) is 1. The minimum atomic E-state index is 0.153. The number of nitrogens with one attached hydrogen (secondary N) is 1. The first-order valence-electron chi connectivity index (χ1n) is 5.48. The van der Waals surface area contributed by atoms with Crippen molar-refractivity contribution in [1.82, 2.24) is 5.32 Å². The Morgan fingerprint density at radius 2 is 2.24 bits per heavy atom. The lowest BCUT2D eigenvalue weighted by molar-refractivity contribution is 0.318. The van der Waals surface area contributed by atoms with Gasteiger partial charge in [-0.3, -0.25) is 0 Å². The van der Waals surface area contributed by atoms with Crippen LogP contribution in [-0.4, -0.2) is 29.1 Å². The van der Waals surface area contributed by atoms with E-state index in [0.29, 0.717) is 5.25 Å². The first kappa shape index (κ1) is 13.9. The third kappa shape index (κ3) is 4.28. The van der Waals surface area contributed by atoms with Gasteiger partial charge in [0.1, 0.15) is 0 Å². The molecule has 1 aromatic carbocycles. The number of benzene rings is 1. The van der Waals surface area contributed by atoms with Gasteiger partial charge in [0.25, 0.3) is 0 Å². The van der Waals surface area contributed by atoms with Crippen molar-refractivity contribution in [3.8, 4) is 0 Å². The van der Waals surface area contributed by atoms with Gasteiger partial charge >= 0.3 is 0 Å². The average molecular weight is 253 g/mol. The zero-order chi connectivity index (χ0) is 12.7. The molecule has 0 fully saturated rings. The van der Waals surface area contributed by atoms with E-state index in [2.05, 4.69) is 23.7 Å². The van der Waals surface area contributed by atoms with E-state index in [1.165, 1.54) is 0 Å². The fourth-order valence-corrected chi connectivity index (χ4v) is 1.76. The lowest BCUT2D eigenvalue weighted by Gasteiger charge is -2.12. The predicted molar refractivity (Wildman–Crippen MR) is 73.6 cm³/mol. The lowest BCUT2D eigenvalue weighted by Crippen LogP contribution is -2.24. The number of thioether (sulfide) groups is 1. The summed E-state index contributed by atoms with van der Waals surface area (Å²) in [6, 6.07) is 7.65. The van der Waals surface area contributed by atoms with Gasteiger partial charge < -0.3 is 16.3 Å². The highest BCUT2D eigenvalue weighted by atomic mass is 32.2. The van der Waals surface area contributed by atoms with Crippen LogP contribution in [0.25, 0.3) is 0 Å². The van der Waals surface area contributed by atoms with E-state index >= 15 is 0 Å². The maximum atomic E-state index is 8.70. The Balaban J connectivity index is 2.64. The molecule has 0 aliphatic carbocycles. The first-order chi connectivity index (χ1) is 8.19. The zero-order valence-electron chi connectivity index (χ0n) is 10.2. The molecule has 0 saturated carbocycles. The number of rotatable bonds is 6. The molecule has 0 aliphatic heterocycles. The molecule has 0 aliphatic rings. The summed E-state index contributed by atoms with van der Waals surface area (Å²) >= 11 is 1.82. The van der Waals surface area contributed by atoms with Crippen LogP contribution in [0.2, 0.25) is 0 Å². The molecule has 1 aromatic rings. The summed E-state index contributed by atoms with van der Waals surface area (Å²) in [5.41, 5.74) is 7.44. The lowest BCUT2D eigenvalue weighted by atomic mass is 10.1. The molecule has 4 nitrogen and oxygen atoms in total. The second kappa shape index (κ2) is 7.19. The summed E-state index contributed by atoms with van der Waals surface area (Å²) in [6.07, 6.45) is 2.09. The van der Waals surface area contributed by atoms with Crippen molar-refractivity contribution >= 4 is 17.6 Å². The Morgan fingerprint density at radius 1 is 1.53 bits per heavy atom. The van der Waals surface area contributed by atoms with Crippen LogP contribution in [0.5, 0.6) is 0 Å². The fourth-order valence-electron chi connectivity index (χ4n) is 1.47. The first-order valence-corrected chi connectivity index (χ1v) is 6.77. The molecular formula is C12H19N3OS. The smallest absolute Gasteiger partial charge is 0.170 e. The van der Waals surface area contributed by atoms with E-state index in [1.807, 2.05) is 36.0 Å². The number of hydrogen-bond acceptors (Lipinski definition) is 4. The molecule has 0 saturated heterocycles. The Hall–Kier alpha value is -1.20. The van der Waals surface area contributed by atoms with E-state index in [4.69, 9.17) is 10.9 Å². The molecular weight excluding hydrogens is 234 g/mol. The zero-order valence-corrected chi connectivity index (χ0v) is 11.0. The van der Waals surface area contributed by atoms with Crippen molar-refractivity contribution in [2.45, 2.75) is 18.7 Å². The second-order valence-electron chi connectivity index (χ2n) is 3.82. The van der Waals surface area contributed by atoms with Crippen LogP contribution in [0.4, 0.5) is 0 Å². The molecule has 1 unspecified atom stereocenters. The van der Waals surface area contributed by atoms with E-state index in [9.17, 15) is 0 Å². The van der Waals surface area contributed by atoms with Gasteiger partial charge in [0.15, 0.2) is 5.84 Å². The standard InChI is InChI=1S/C12H19N3OS/c1-9(17-2)7-14-8-10-5-3-4-6-11(10)12(13)15-16/h3-6,9,14,16H,7-8H2,1-2H3,(H2,13,15). The van der Waals surface area contributed by atoms with E-state index in [1.54, 1.807) is 0 Å². The van der Waals surface area contributed by atoms with E-state index < -0.39 is 0 Å². The van der Waals surface area contributed by atoms with Gasteiger partial charge in [-0.05, 0) is 11.8 Å². The summed E-state index contributed by atoms with van der Waals surface area (Å²) in [5, 5.41) is 15.7.